The number of H-pyrrole nitrogens is 1. The van der Waals surface area contributed by atoms with Crippen LogP contribution in [0.2, 0.25) is 0 Å². The van der Waals surface area contributed by atoms with Gasteiger partial charge in [-0.2, -0.15) is 0 Å². The van der Waals surface area contributed by atoms with Gasteiger partial charge in [-0.25, -0.2) is 15.0 Å². The Morgan fingerprint density at radius 2 is 2.09 bits per heavy atom. The van der Waals surface area contributed by atoms with Crippen molar-refractivity contribution in [2.24, 2.45) is 0 Å². The Labute approximate surface area is 134 Å². The summed E-state index contributed by atoms with van der Waals surface area (Å²) in [5.74, 6) is 1.45. The molecule has 23 heavy (non-hydrogen) atoms. The fourth-order valence-corrected chi connectivity index (χ4v) is 2.25. The lowest BCUT2D eigenvalue weighted by atomic mass is 10.1. The van der Waals surface area contributed by atoms with E-state index in [1.54, 1.807) is 6.33 Å². The molecule has 1 aromatic carbocycles. The fourth-order valence-electron chi connectivity index (χ4n) is 2.25. The zero-order valence-corrected chi connectivity index (χ0v) is 13.0. The first-order valence-corrected chi connectivity index (χ1v) is 7.50. The highest BCUT2D eigenvalue weighted by Crippen LogP contribution is 2.18. The molecule has 0 amide bonds. The van der Waals surface area contributed by atoms with E-state index in [2.05, 4.69) is 37.4 Å². The lowest BCUT2D eigenvalue weighted by Gasteiger charge is -2.07. The number of rotatable bonds is 6. The predicted octanol–water partition coefficient (Wildman–Crippen LogP) is 2.29. The van der Waals surface area contributed by atoms with E-state index in [4.69, 9.17) is 5.11 Å². The van der Waals surface area contributed by atoms with Crippen molar-refractivity contribution in [3.63, 3.8) is 0 Å². The molecular formula is C17H19N5O. The maximum atomic E-state index is 9.04. The van der Waals surface area contributed by atoms with Crippen LogP contribution in [0.4, 0.5) is 5.82 Å². The topological polar surface area (TPSA) is 86.7 Å². The highest BCUT2D eigenvalue weighted by atomic mass is 16.3. The van der Waals surface area contributed by atoms with E-state index >= 15 is 0 Å². The highest BCUT2D eigenvalue weighted by molar-refractivity contribution is 5.82. The third-order valence-corrected chi connectivity index (χ3v) is 3.51. The van der Waals surface area contributed by atoms with Gasteiger partial charge in [0.25, 0.3) is 0 Å². The second-order valence-electron chi connectivity index (χ2n) is 5.34. The number of nitrogens with one attached hydrogen (secondary N) is 2. The number of imidazole rings is 1. The van der Waals surface area contributed by atoms with Crippen LogP contribution in [0.1, 0.15) is 18.3 Å². The van der Waals surface area contributed by atoms with Crippen molar-refractivity contribution in [3.05, 3.63) is 59.7 Å². The van der Waals surface area contributed by atoms with Crippen LogP contribution >= 0.6 is 0 Å². The van der Waals surface area contributed by atoms with Crippen LogP contribution in [0, 0.1) is 0 Å². The Bertz CT molecular complexity index is 810. The summed E-state index contributed by atoms with van der Waals surface area (Å²) in [6, 6.07) is 10.1. The maximum absolute atomic E-state index is 9.04. The van der Waals surface area contributed by atoms with Gasteiger partial charge in [-0.15, -0.1) is 0 Å². The fraction of sp³-hybridized carbons (Fsp3) is 0.235. The van der Waals surface area contributed by atoms with Crippen LogP contribution in [0.25, 0.3) is 11.2 Å². The smallest absolute Gasteiger partial charge is 0.183 e. The molecule has 118 valence electrons. The number of hydrogen-bond donors (Lipinski definition) is 3. The van der Waals surface area contributed by atoms with Gasteiger partial charge in [-0.05, 0) is 12.5 Å². The third-order valence-electron chi connectivity index (χ3n) is 3.51. The number of aromatic amines is 1. The average molecular weight is 309 g/mol. The normalized spacial score (nSPS) is 11.8. The van der Waals surface area contributed by atoms with Crippen molar-refractivity contribution in [2.45, 2.75) is 13.3 Å². The summed E-state index contributed by atoms with van der Waals surface area (Å²) in [5.41, 5.74) is 3.51. The minimum atomic E-state index is 0.0597. The molecule has 0 fully saturated rings. The molecule has 6 heteroatoms. The zero-order chi connectivity index (χ0) is 16.1. The second-order valence-corrected chi connectivity index (χ2v) is 5.34. The summed E-state index contributed by atoms with van der Waals surface area (Å²) >= 11 is 0. The molecule has 0 radical (unpaired) electrons. The molecule has 0 aliphatic carbocycles. The summed E-state index contributed by atoms with van der Waals surface area (Å²) in [6.07, 6.45) is 4.21. The molecule has 2 heterocycles. The van der Waals surface area contributed by atoms with E-state index in [9.17, 15) is 0 Å². The van der Waals surface area contributed by atoms with Crippen LogP contribution in [-0.2, 0) is 6.42 Å². The monoisotopic (exact) mass is 309 g/mol. The molecular weight excluding hydrogens is 290 g/mol. The van der Waals surface area contributed by atoms with Gasteiger partial charge in [-0.1, -0.05) is 42.0 Å². The molecule has 2 aromatic heterocycles. The minimum Gasteiger partial charge on any atom is -0.392 e. The standard InChI is InChI=1S/C17H19N5O/c1-12(10-23)7-8-18-16-15-17(20-11-19-15)22-14(21-16)9-13-5-3-2-4-6-13/h2-7,11,23H,8-10H2,1H3,(H2,18,19,20,21,22)/b12-7+. The SMILES string of the molecule is C/C(=C\CNc1nc(Cc2ccccc2)nc2nc[nH]c12)CO. The van der Waals surface area contributed by atoms with E-state index < -0.39 is 0 Å². The molecule has 3 N–H and O–H groups in total. The van der Waals surface area contributed by atoms with Gasteiger partial charge in [0, 0.05) is 13.0 Å². The zero-order valence-electron chi connectivity index (χ0n) is 13.0. The third kappa shape index (κ3) is 3.73. The summed E-state index contributed by atoms with van der Waals surface area (Å²) in [6.45, 7) is 2.53. The summed E-state index contributed by atoms with van der Waals surface area (Å²) in [4.78, 5) is 16.4. The van der Waals surface area contributed by atoms with Crippen LogP contribution in [0.5, 0.6) is 0 Å². The Morgan fingerprint density at radius 3 is 2.87 bits per heavy atom. The van der Waals surface area contributed by atoms with Crippen molar-refractivity contribution >= 4 is 17.0 Å². The van der Waals surface area contributed by atoms with Gasteiger partial charge >= 0.3 is 0 Å². The quantitative estimate of drug-likeness (QED) is 0.608. The van der Waals surface area contributed by atoms with Crippen LogP contribution < -0.4 is 5.32 Å². The molecule has 3 aromatic rings. The molecule has 0 spiro atoms. The number of benzene rings is 1. The number of nitrogens with zero attached hydrogens (tertiary/aromatic N) is 3. The molecule has 0 bridgehead atoms. The number of anilines is 1. The Kier molecular flexibility index (Phi) is 4.63. The van der Waals surface area contributed by atoms with Crippen LogP contribution in [0.3, 0.4) is 0 Å². The number of aliphatic hydroxyl groups is 1. The lowest BCUT2D eigenvalue weighted by Crippen LogP contribution is -2.06. The first-order valence-electron chi connectivity index (χ1n) is 7.50. The Morgan fingerprint density at radius 1 is 1.26 bits per heavy atom. The second kappa shape index (κ2) is 7.02. The number of fused-ring (bicyclic) bond motifs is 1. The van der Waals surface area contributed by atoms with Crippen molar-refractivity contribution in [2.75, 3.05) is 18.5 Å². The average Bonchev–Trinajstić information content (AvgIpc) is 3.04. The van der Waals surface area contributed by atoms with Crippen molar-refractivity contribution < 1.29 is 5.11 Å². The summed E-state index contributed by atoms with van der Waals surface area (Å²) in [7, 11) is 0. The highest BCUT2D eigenvalue weighted by Gasteiger charge is 2.09. The van der Waals surface area contributed by atoms with Crippen molar-refractivity contribution in [1.82, 2.24) is 19.9 Å². The first kappa shape index (κ1) is 15.2. The Balaban J connectivity index is 1.86. The molecule has 3 rings (SSSR count). The van der Waals surface area contributed by atoms with Gasteiger partial charge in [0.2, 0.25) is 0 Å². The van der Waals surface area contributed by atoms with E-state index in [0.717, 1.165) is 28.3 Å². The van der Waals surface area contributed by atoms with E-state index in [1.165, 1.54) is 0 Å². The molecule has 0 aliphatic rings. The van der Waals surface area contributed by atoms with Crippen LogP contribution in [0.15, 0.2) is 48.3 Å². The minimum absolute atomic E-state index is 0.0597. The summed E-state index contributed by atoms with van der Waals surface area (Å²) < 4.78 is 0. The van der Waals surface area contributed by atoms with Gasteiger partial charge in [0.05, 0.1) is 12.9 Å². The van der Waals surface area contributed by atoms with Gasteiger partial charge in [-0.3, -0.25) is 0 Å². The van der Waals surface area contributed by atoms with E-state index in [1.807, 2.05) is 31.2 Å². The Hall–Kier alpha value is -2.73. The first-order chi connectivity index (χ1) is 11.3. The van der Waals surface area contributed by atoms with E-state index in [0.29, 0.717) is 18.6 Å². The number of aliphatic hydroxyl groups excluding tert-OH is 1. The van der Waals surface area contributed by atoms with Crippen molar-refractivity contribution in [3.8, 4) is 0 Å². The van der Waals surface area contributed by atoms with Gasteiger partial charge < -0.3 is 15.4 Å². The largest absolute Gasteiger partial charge is 0.392 e. The molecule has 6 nitrogen and oxygen atoms in total. The molecule has 0 atom stereocenters. The molecule has 0 aliphatic heterocycles. The predicted molar refractivity (Wildman–Crippen MR) is 90.3 cm³/mol. The summed E-state index contributed by atoms with van der Waals surface area (Å²) in [5, 5.41) is 12.3. The lowest BCUT2D eigenvalue weighted by molar-refractivity contribution is 0.331. The van der Waals surface area contributed by atoms with Crippen molar-refractivity contribution in [1.29, 1.82) is 0 Å². The number of aromatic nitrogens is 4. The van der Waals surface area contributed by atoms with Gasteiger partial charge in [0.1, 0.15) is 11.3 Å². The maximum Gasteiger partial charge on any atom is 0.183 e. The van der Waals surface area contributed by atoms with Gasteiger partial charge in [0.15, 0.2) is 11.5 Å². The number of hydrogen-bond acceptors (Lipinski definition) is 5. The molecule has 0 saturated heterocycles. The molecule has 0 unspecified atom stereocenters. The van der Waals surface area contributed by atoms with Crippen LogP contribution in [-0.4, -0.2) is 38.2 Å². The van der Waals surface area contributed by atoms with E-state index in [-0.39, 0.29) is 6.61 Å². The molecule has 0 saturated carbocycles.